The van der Waals surface area contributed by atoms with Gasteiger partial charge in [0.05, 0.1) is 5.76 Å². The summed E-state index contributed by atoms with van der Waals surface area (Å²) in [7, 11) is 0. The minimum Gasteiger partial charge on any atom is -0.512 e. The van der Waals surface area contributed by atoms with Crippen LogP contribution in [0.2, 0.25) is 0 Å². The van der Waals surface area contributed by atoms with E-state index < -0.39 is 0 Å². The second-order valence-electron chi connectivity index (χ2n) is 8.10. The fourth-order valence-electron chi connectivity index (χ4n) is 5.11. The number of hydrogen-bond acceptors (Lipinski definition) is 3. The molecule has 1 heterocycles. The van der Waals surface area contributed by atoms with Crippen LogP contribution in [-0.2, 0) is 31.3 Å². The molecule has 0 fully saturated rings. The van der Waals surface area contributed by atoms with Gasteiger partial charge in [0.25, 0.3) is 0 Å². The molecule has 166 valence electrons. The largest absolute Gasteiger partial charge is 0.512 e. The van der Waals surface area contributed by atoms with Crippen molar-refractivity contribution in [1.29, 1.82) is 0 Å². The third-order valence-corrected chi connectivity index (χ3v) is 6.07. The fourth-order valence-corrected chi connectivity index (χ4v) is 5.11. The van der Waals surface area contributed by atoms with Gasteiger partial charge in [0.1, 0.15) is 0 Å². The summed E-state index contributed by atoms with van der Waals surface area (Å²) in [5.74, 6) is -0.0625. The van der Waals surface area contributed by atoms with Gasteiger partial charge in [0, 0.05) is 38.8 Å². The summed E-state index contributed by atoms with van der Waals surface area (Å²) in [5, 5.41) is 8.36. The van der Waals surface area contributed by atoms with Gasteiger partial charge in [-0.3, -0.25) is 4.79 Å². The van der Waals surface area contributed by atoms with Crippen molar-refractivity contribution in [3.63, 3.8) is 0 Å². The van der Waals surface area contributed by atoms with Crippen molar-refractivity contribution < 1.29 is 31.0 Å². The molecule has 0 unspecified atom stereocenters. The number of carbonyl (C=O) groups is 1. The van der Waals surface area contributed by atoms with E-state index in [0.29, 0.717) is 0 Å². The number of nitrogens with zero attached hydrogens (tertiary/aromatic N) is 1. The Labute approximate surface area is 208 Å². The van der Waals surface area contributed by atoms with Gasteiger partial charge in [0.15, 0.2) is 5.78 Å². The molecular weight excluding hydrogens is 589 g/mol. The van der Waals surface area contributed by atoms with E-state index in [-0.39, 0.29) is 38.0 Å². The predicted octanol–water partition coefficient (Wildman–Crippen LogP) is 6.26. The predicted molar refractivity (Wildman–Crippen MR) is 126 cm³/mol. The number of carbonyl (C=O) groups excluding carboxylic acids is 1. The molecule has 0 aliphatic heterocycles. The van der Waals surface area contributed by atoms with Crippen molar-refractivity contribution in [2.45, 2.75) is 19.3 Å². The van der Waals surface area contributed by atoms with Gasteiger partial charge in [-0.15, -0.1) is 35.4 Å². The Morgan fingerprint density at radius 2 is 1.42 bits per heavy atom. The Hall–Kier alpha value is -3.29. The third kappa shape index (κ3) is 3.48. The molecule has 3 aromatic carbocycles. The van der Waals surface area contributed by atoms with E-state index in [4.69, 9.17) is 10.1 Å². The van der Waals surface area contributed by atoms with Crippen LogP contribution in [0.4, 0.5) is 0 Å². The van der Waals surface area contributed by atoms with Crippen LogP contribution in [-0.4, -0.2) is 15.9 Å². The van der Waals surface area contributed by atoms with Crippen LogP contribution in [0.5, 0.6) is 0 Å². The Morgan fingerprint density at radius 1 is 0.848 bits per heavy atom. The maximum Gasteiger partial charge on any atom is 0.155 e. The van der Waals surface area contributed by atoms with Crippen LogP contribution in [0, 0.1) is 6.07 Å². The Kier molecular flexibility index (Phi) is 6.19. The molecule has 0 saturated heterocycles. The van der Waals surface area contributed by atoms with E-state index in [1.54, 1.807) is 0 Å². The summed E-state index contributed by atoms with van der Waals surface area (Å²) in [6, 6.07) is 31.6. The minimum absolute atomic E-state index is 0. The molecule has 0 amide bonds. The standard InChI is InChI=1S/C24H14N.C5H8O2.Pt/c1-4-11-19-16(8-1)17-9-2-5-12-20(17)24(19)21-13-6-3-10-18(21)23-22(24)14-7-15-25-23;1-4(6)3-5(2)7;/h1-9,11-15H;3,6H,1-2H3;/q-1;;/b;4-3-;. The number of fused-ring (bicyclic) bond motifs is 10. The first-order chi connectivity index (χ1) is 15.5. The number of benzene rings is 3. The van der Waals surface area contributed by atoms with Gasteiger partial charge in [0.2, 0.25) is 0 Å². The average molecular weight is 612 g/mol. The van der Waals surface area contributed by atoms with Gasteiger partial charge in [-0.1, -0.05) is 60.2 Å². The van der Waals surface area contributed by atoms with E-state index in [9.17, 15) is 4.79 Å². The van der Waals surface area contributed by atoms with Gasteiger partial charge >= 0.3 is 0 Å². The molecule has 2 aliphatic rings. The maximum absolute atomic E-state index is 10.0. The van der Waals surface area contributed by atoms with Gasteiger partial charge < -0.3 is 10.1 Å². The van der Waals surface area contributed by atoms with Crippen molar-refractivity contribution in [3.05, 3.63) is 125 Å². The number of allylic oxidation sites excluding steroid dienone is 2. The Bertz CT molecular complexity index is 1200. The molecule has 1 aromatic heterocycles. The van der Waals surface area contributed by atoms with Crippen LogP contribution in [0.1, 0.15) is 36.1 Å². The van der Waals surface area contributed by atoms with Crippen molar-refractivity contribution >= 4 is 5.78 Å². The summed E-state index contributed by atoms with van der Waals surface area (Å²) >= 11 is 0. The van der Waals surface area contributed by atoms with Crippen molar-refractivity contribution in [1.82, 2.24) is 4.98 Å². The zero-order valence-corrected chi connectivity index (χ0v) is 20.6. The van der Waals surface area contributed by atoms with Crippen LogP contribution in [0.15, 0.2) is 96.9 Å². The van der Waals surface area contributed by atoms with E-state index in [0.717, 1.165) is 11.3 Å². The molecule has 1 N–H and O–H groups in total. The third-order valence-electron chi connectivity index (χ3n) is 6.07. The second-order valence-corrected chi connectivity index (χ2v) is 8.10. The quantitative estimate of drug-likeness (QED) is 0.136. The molecule has 2 aliphatic carbocycles. The summed E-state index contributed by atoms with van der Waals surface area (Å²) in [6.07, 6.45) is 3.05. The molecule has 4 heteroatoms. The van der Waals surface area contributed by atoms with Crippen molar-refractivity contribution in [2.75, 3.05) is 0 Å². The number of hydrogen-bond donors (Lipinski definition) is 1. The van der Waals surface area contributed by atoms with Crippen LogP contribution >= 0.6 is 0 Å². The number of ketones is 1. The molecule has 6 rings (SSSR count). The molecule has 1 spiro atoms. The van der Waals surface area contributed by atoms with Crippen LogP contribution < -0.4 is 0 Å². The Balaban J connectivity index is 0.000000287. The first-order valence-electron chi connectivity index (χ1n) is 10.6. The normalized spacial score (nSPS) is 13.6. The number of aliphatic hydroxyl groups is 1. The summed E-state index contributed by atoms with van der Waals surface area (Å²) < 4.78 is 0. The number of pyridine rings is 1. The smallest absolute Gasteiger partial charge is 0.155 e. The minimum atomic E-state index is -0.274. The summed E-state index contributed by atoms with van der Waals surface area (Å²) in [5.41, 5.74) is 9.83. The van der Waals surface area contributed by atoms with Crippen LogP contribution in [0.3, 0.4) is 0 Å². The van der Waals surface area contributed by atoms with Gasteiger partial charge in [-0.2, -0.15) is 0 Å². The van der Waals surface area contributed by atoms with E-state index in [1.807, 2.05) is 12.3 Å². The molecule has 0 saturated carbocycles. The first-order valence-corrected chi connectivity index (χ1v) is 10.6. The molecule has 0 bridgehead atoms. The van der Waals surface area contributed by atoms with E-state index in [1.165, 1.54) is 53.3 Å². The SMILES string of the molecule is CC(=O)/C=C(/C)O.[Pt].[c-]1cccc2c1-c1ncccc1C21c2ccccc2-c2ccccc21. The molecular formula is C29H22NO2Pt-. The zero-order valence-electron chi connectivity index (χ0n) is 18.3. The molecule has 0 atom stereocenters. The van der Waals surface area contributed by atoms with E-state index in [2.05, 4.69) is 78.9 Å². The monoisotopic (exact) mass is 611 g/mol. The number of rotatable bonds is 1. The zero-order chi connectivity index (χ0) is 22.3. The summed E-state index contributed by atoms with van der Waals surface area (Å²) in [4.78, 5) is 14.8. The van der Waals surface area contributed by atoms with Gasteiger partial charge in [-0.25, -0.2) is 0 Å². The maximum atomic E-state index is 10.0. The van der Waals surface area contributed by atoms with Crippen molar-refractivity contribution in [2.24, 2.45) is 0 Å². The number of aliphatic hydroxyl groups excluding tert-OH is 1. The second kappa shape index (κ2) is 8.92. The Morgan fingerprint density at radius 3 is 2.00 bits per heavy atom. The van der Waals surface area contributed by atoms with Crippen molar-refractivity contribution in [3.8, 4) is 22.4 Å². The molecule has 3 nitrogen and oxygen atoms in total. The van der Waals surface area contributed by atoms with Crippen LogP contribution in [0.25, 0.3) is 22.4 Å². The summed E-state index contributed by atoms with van der Waals surface area (Å²) in [6.45, 7) is 2.85. The van der Waals surface area contributed by atoms with Gasteiger partial charge in [-0.05, 0) is 47.9 Å². The molecule has 33 heavy (non-hydrogen) atoms. The average Bonchev–Trinajstić information content (AvgIpc) is 3.26. The first kappa shape index (κ1) is 22.9. The number of aromatic nitrogens is 1. The molecule has 4 aromatic rings. The topological polar surface area (TPSA) is 50.2 Å². The van der Waals surface area contributed by atoms with E-state index >= 15 is 0 Å². The molecule has 0 radical (unpaired) electrons. The fraction of sp³-hybridized carbons (Fsp3) is 0.103.